The van der Waals surface area contributed by atoms with Crippen LogP contribution in [0.25, 0.3) is 11.3 Å². The van der Waals surface area contributed by atoms with Crippen molar-refractivity contribution in [1.29, 1.82) is 0 Å². The van der Waals surface area contributed by atoms with Crippen molar-refractivity contribution in [1.82, 2.24) is 15.6 Å². The number of amides is 1. The van der Waals surface area contributed by atoms with Gasteiger partial charge in [0.1, 0.15) is 0 Å². The van der Waals surface area contributed by atoms with E-state index in [1.54, 1.807) is 25.4 Å². The molecule has 0 aliphatic heterocycles. The number of aryl methyl sites for hydroxylation is 1. The van der Waals surface area contributed by atoms with E-state index in [0.717, 1.165) is 18.7 Å². The number of hydrogen-bond donors (Lipinski definition) is 2. The quantitative estimate of drug-likeness (QED) is 0.642. The monoisotopic (exact) mass is 351 g/mol. The minimum absolute atomic E-state index is 0.0187. The molecular formula is C17H22ClN3O3. The molecule has 2 N–H and O–H groups in total. The van der Waals surface area contributed by atoms with Gasteiger partial charge in [0.15, 0.2) is 11.7 Å². The van der Waals surface area contributed by atoms with E-state index in [9.17, 15) is 4.79 Å². The predicted molar refractivity (Wildman–Crippen MR) is 93.0 cm³/mol. The standard InChI is InChI=1S/C17H22ClN3O3/c1-23-11-10-19-8-9-20-16(22)6-7-17-21-12-15(24-17)13-2-4-14(18)5-3-13/h2-5,12,19H,6-11H2,1H3,(H,20,22). The number of methoxy groups -OCH3 is 1. The Labute approximate surface area is 146 Å². The lowest BCUT2D eigenvalue weighted by Gasteiger charge is -2.05. The molecule has 0 aliphatic rings. The minimum atomic E-state index is -0.0187. The van der Waals surface area contributed by atoms with E-state index in [1.807, 2.05) is 12.1 Å². The number of oxazole rings is 1. The number of benzene rings is 1. The summed E-state index contributed by atoms with van der Waals surface area (Å²) >= 11 is 5.86. The van der Waals surface area contributed by atoms with E-state index in [2.05, 4.69) is 15.6 Å². The second-order valence-electron chi connectivity index (χ2n) is 5.22. The average Bonchev–Trinajstić information content (AvgIpc) is 3.06. The third-order valence-corrected chi connectivity index (χ3v) is 3.61. The molecule has 130 valence electrons. The van der Waals surface area contributed by atoms with Crippen molar-refractivity contribution in [3.8, 4) is 11.3 Å². The number of carbonyl (C=O) groups is 1. The van der Waals surface area contributed by atoms with Gasteiger partial charge in [-0.05, 0) is 24.3 Å². The molecule has 1 heterocycles. The van der Waals surface area contributed by atoms with Crippen LogP contribution >= 0.6 is 11.6 Å². The summed E-state index contributed by atoms with van der Waals surface area (Å²) in [6.45, 7) is 2.74. The summed E-state index contributed by atoms with van der Waals surface area (Å²) in [4.78, 5) is 16.0. The average molecular weight is 352 g/mol. The number of rotatable bonds is 10. The number of nitrogens with one attached hydrogen (secondary N) is 2. The lowest BCUT2D eigenvalue weighted by atomic mass is 10.2. The molecule has 24 heavy (non-hydrogen) atoms. The molecule has 0 saturated carbocycles. The van der Waals surface area contributed by atoms with Crippen LogP contribution in [0.2, 0.25) is 5.02 Å². The van der Waals surface area contributed by atoms with Crippen LogP contribution in [-0.2, 0) is 16.0 Å². The fraction of sp³-hybridized carbons (Fsp3) is 0.412. The van der Waals surface area contributed by atoms with Crippen molar-refractivity contribution in [2.45, 2.75) is 12.8 Å². The fourth-order valence-corrected chi connectivity index (χ4v) is 2.20. The van der Waals surface area contributed by atoms with Crippen molar-refractivity contribution < 1.29 is 13.9 Å². The van der Waals surface area contributed by atoms with E-state index in [-0.39, 0.29) is 5.91 Å². The Bertz CT molecular complexity index is 628. The molecule has 0 aliphatic carbocycles. The largest absolute Gasteiger partial charge is 0.441 e. The Balaban J connectivity index is 1.69. The molecule has 7 heteroatoms. The summed E-state index contributed by atoms with van der Waals surface area (Å²) in [5, 5.41) is 6.68. The highest BCUT2D eigenvalue weighted by atomic mass is 35.5. The Morgan fingerprint density at radius 1 is 1.25 bits per heavy atom. The number of halogens is 1. The fourth-order valence-electron chi connectivity index (χ4n) is 2.07. The van der Waals surface area contributed by atoms with Gasteiger partial charge in [-0.3, -0.25) is 4.79 Å². The molecule has 0 spiro atoms. The Hall–Kier alpha value is -1.89. The first-order chi connectivity index (χ1) is 11.7. The molecule has 2 rings (SSSR count). The van der Waals surface area contributed by atoms with E-state index in [4.69, 9.17) is 20.8 Å². The lowest BCUT2D eigenvalue weighted by molar-refractivity contribution is -0.121. The maximum absolute atomic E-state index is 11.8. The van der Waals surface area contributed by atoms with Gasteiger partial charge in [0.25, 0.3) is 0 Å². The summed E-state index contributed by atoms with van der Waals surface area (Å²) < 4.78 is 10.6. The zero-order valence-corrected chi connectivity index (χ0v) is 14.4. The van der Waals surface area contributed by atoms with Crippen LogP contribution in [0, 0.1) is 0 Å². The van der Waals surface area contributed by atoms with Gasteiger partial charge in [-0.15, -0.1) is 0 Å². The van der Waals surface area contributed by atoms with Gasteiger partial charge >= 0.3 is 0 Å². The van der Waals surface area contributed by atoms with Crippen LogP contribution < -0.4 is 10.6 Å². The highest BCUT2D eigenvalue weighted by molar-refractivity contribution is 6.30. The zero-order chi connectivity index (χ0) is 17.2. The second kappa shape index (κ2) is 10.1. The van der Waals surface area contributed by atoms with E-state index in [0.29, 0.717) is 42.7 Å². The van der Waals surface area contributed by atoms with Gasteiger partial charge in [0.2, 0.25) is 5.91 Å². The Kier molecular flexibility index (Phi) is 7.74. The molecule has 0 bridgehead atoms. The molecule has 1 aromatic carbocycles. The number of hydrogen-bond acceptors (Lipinski definition) is 5. The Morgan fingerprint density at radius 2 is 2.04 bits per heavy atom. The molecular weight excluding hydrogens is 330 g/mol. The number of nitrogens with zero attached hydrogens (tertiary/aromatic N) is 1. The van der Waals surface area contributed by atoms with Crippen molar-refractivity contribution >= 4 is 17.5 Å². The number of carbonyl (C=O) groups excluding carboxylic acids is 1. The van der Waals surface area contributed by atoms with Crippen molar-refractivity contribution in [2.75, 3.05) is 33.4 Å². The van der Waals surface area contributed by atoms with Gasteiger partial charge in [0.05, 0.1) is 12.8 Å². The van der Waals surface area contributed by atoms with Gasteiger partial charge < -0.3 is 19.8 Å². The molecule has 2 aromatic rings. The van der Waals surface area contributed by atoms with Crippen LogP contribution in [-0.4, -0.2) is 44.2 Å². The summed E-state index contributed by atoms with van der Waals surface area (Å²) in [5.41, 5.74) is 0.907. The van der Waals surface area contributed by atoms with E-state index < -0.39 is 0 Å². The van der Waals surface area contributed by atoms with Gasteiger partial charge in [-0.25, -0.2) is 4.98 Å². The topological polar surface area (TPSA) is 76.4 Å². The third-order valence-electron chi connectivity index (χ3n) is 3.36. The maximum atomic E-state index is 11.8. The van der Waals surface area contributed by atoms with Gasteiger partial charge in [-0.2, -0.15) is 0 Å². The minimum Gasteiger partial charge on any atom is -0.441 e. The molecule has 0 saturated heterocycles. The number of aromatic nitrogens is 1. The van der Waals surface area contributed by atoms with Crippen molar-refractivity contribution in [3.05, 3.63) is 41.4 Å². The van der Waals surface area contributed by atoms with Crippen LogP contribution in [0.3, 0.4) is 0 Å². The van der Waals surface area contributed by atoms with Crippen LogP contribution in [0.4, 0.5) is 0 Å². The molecule has 0 fully saturated rings. The first-order valence-corrected chi connectivity index (χ1v) is 8.24. The van der Waals surface area contributed by atoms with Crippen LogP contribution in [0.5, 0.6) is 0 Å². The molecule has 0 unspecified atom stereocenters. The van der Waals surface area contributed by atoms with Crippen LogP contribution in [0.15, 0.2) is 34.9 Å². The van der Waals surface area contributed by atoms with Crippen molar-refractivity contribution in [3.63, 3.8) is 0 Å². The maximum Gasteiger partial charge on any atom is 0.220 e. The first-order valence-electron chi connectivity index (χ1n) is 7.86. The Morgan fingerprint density at radius 3 is 2.79 bits per heavy atom. The molecule has 0 radical (unpaired) electrons. The highest BCUT2D eigenvalue weighted by Gasteiger charge is 2.08. The smallest absolute Gasteiger partial charge is 0.220 e. The molecule has 0 atom stereocenters. The van der Waals surface area contributed by atoms with E-state index >= 15 is 0 Å². The van der Waals surface area contributed by atoms with Crippen molar-refractivity contribution in [2.24, 2.45) is 0 Å². The van der Waals surface area contributed by atoms with E-state index in [1.165, 1.54) is 0 Å². The predicted octanol–water partition coefficient (Wildman–Crippen LogP) is 2.28. The lowest BCUT2D eigenvalue weighted by Crippen LogP contribution is -2.33. The first kappa shape index (κ1) is 18.4. The van der Waals surface area contributed by atoms with Gasteiger partial charge in [-0.1, -0.05) is 11.6 Å². The zero-order valence-electron chi connectivity index (χ0n) is 13.7. The summed E-state index contributed by atoms with van der Waals surface area (Å²) in [6, 6.07) is 7.34. The number of ether oxygens (including phenoxy) is 1. The normalized spacial score (nSPS) is 10.8. The van der Waals surface area contributed by atoms with Crippen LogP contribution in [0.1, 0.15) is 12.3 Å². The SMILES string of the molecule is COCCNCCNC(=O)CCc1ncc(-c2ccc(Cl)cc2)o1. The second-order valence-corrected chi connectivity index (χ2v) is 5.65. The summed E-state index contributed by atoms with van der Waals surface area (Å²) in [7, 11) is 1.66. The highest BCUT2D eigenvalue weighted by Crippen LogP contribution is 2.22. The van der Waals surface area contributed by atoms with Gasteiger partial charge in [0, 0.05) is 50.2 Å². The molecule has 1 aromatic heterocycles. The molecule has 6 nitrogen and oxygen atoms in total. The summed E-state index contributed by atoms with van der Waals surface area (Å²) in [5.74, 6) is 1.20. The summed E-state index contributed by atoms with van der Waals surface area (Å²) in [6.07, 6.45) is 2.48. The molecule has 1 amide bonds. The third kappa shape index (κ3) is 6.31.